The quantitative estimate of drug-likeness (QED) is 0.481. The van der Waals surface area contributed by atoms with Crippen molar-refractivity contribution < 1.29 is 14.3 Å². The standard InChI is InChI=1S/C14H24O3/c15-14-13-16-11-9-7-5-3-1-2-4-6-8-10-12-17-14/h7,9H,1-6,8,10-13H2. The van der Waals surface area contributed by atoms with E-state index in [9.17, 15) is 4.79 Å². The highest BCUT2D eigenvalue weighted by molar-refractivity contribution is 5.70. The summed E-state index contributed by atoms with van der Waals surface area (Å²) in [4.78, 5) is 11.2. The van der Waals surface area contributed by atoms with Gasteiger partial charge < -0.3 is 9.47 Å². The highest BCUT2D eigenvalue weighted by Gasteiger charge is 2.01. The van der Waals surface area contributed by atoms with Gasteiger partial charge >= 0.3 is 5.97 Å². The van der Waals surface area contributed by atoms with E-state index in [2.05, 4.69) is 6.08 Å². The van der Waals surface area contributed by atoms with E-state index >= 15 is 0 Å². The number of hydrogen-bond acceptors (Lipinski definition) is 3. The molecular weight excluding hydrogens is 216 g/mol. The van der Waals surface area contributed by atoms with Crippen LogP contribution in [0, 0.1) is 0 Å². The Hall–Kier alpha value is -0.830. The van der Waals surface area contributed by atoms with E-state index in [4.69, 9.17) is 9.47 Å². The van der Waals surface area contributed by atoms with Gasteiger partial charge in [-0.3, -0.25) is 0 Å². The van der Waals surface area contributed by atoms with Crippen molar-refractivity contribution >= 4 is 5.97 Å². The maximum atomic E-state index is 11.2. The molecule has 0 radical (unpaired) electrons. The number of carbonyl (C=O) groups excluding carboxylic acids is 1. The summed E-state index contributed by atoms with van der Waals surface area (Å²) < 4.78 is 10.2. The molecule has 0 atom stereocenters. The summed E-state index contributed by atoms with van der Waals surface area (Å²) in [6, 6.07) is 0. The zero-order valence-electron chi connectivity index (χ0n) is 10.7. The molecule has 1 aliphatic heterocycles. The van der Waals surface area contributed by atoms with Gasteiger partial charge in [-0.25, -0.2) is 4.79 Å². The molecule has 1 aliphatic rings. The number of carbonyl (C=O) groups is 1. The Kier molecular flexibility index (Phi) is 8.65. The topological polar surface area (TPSA) is 35.5 Å². The molecule has 0 saturated carbocycles. The minimum absolute atomic E-state index is 0.0737. The molecule has 0 N–H and O–H groups in total. The number of ether oxygens (including phenoxy) is 2. The molecule has 0 bridgehead atoms. The maximum absolute atomic E-state index is 11.2. The van der Waals surface area contributed by atoms with Crippen LogP contribution in [0.3, 0.4) is 0 Å². The first-order valence-electron chi connectivity index (χ1n) is 6.78. The molecule has 3 heteroatoms. The summed E-state index contributed by atoms with van der Waals surface area (Å²) in [5.74, 6) is -0.245. The zero-order chi connectivity index (χ0) is 12.2. The Balaban J connectivity index is 2.19. The number of allylic oxidation sites excluding steroid dienone is 1. The summed E-state index contributed by atoms with van der Waals surface area (Å²) in [6.07, 6.45) is 13.8. The molecular formula is C14H24O3. The SMILES string of the molecule is O=C1COCC=CCCCCCCCCCO1. The van der Waals surface area contributed by atoms with Gasteiger partial charge in [0, 0.05) is 0 Å². The molecule has 0 aromatic carbocycles. The van der Waals surface area contributed by atoms with Crippen LogP contribution in [0.1, 0.15) is 51.4 Å². The molecule has 17 heavy (non-hydrogen) atoms. The predicted octanol–water partition coefficient (Wildman–Crippen LogP) is 3.24. The van der Waals surface area contributed by atoms with E-state index in [0.29, 0.717) is 13.2 Å². The fourth-order valence-corrected chi connectivity index (χ4v) is 1.87. The molecule has 0 unspecified atom stereocenters. The first kappa shape index (κ1) is 14.2. The molecule has 0 aromatic heterocycles. The van der Waals surface area contributed by atoms with E-state index in [-0.39, 0.29) is 12.6 Å². The lowest BCUT2D eigenvalue weighted by Gasteiger charge is -2.05. The largest absolute Gasteiger partial charge is 0.464 e. The van der Waals surface area contributed by atoms with Gasteiger partial charge in [0.2, 0.25) is 0 Å². The molecule has 0 aliphatic carbocycles. The Bertz CT molecular complexity index is 224. The lowest BCUT2D eigenvalue weighted by molar-refractivity contribution is -0.148. The van der Waals surface area contributed by atoms with Crippen molar-refractivity contribution in [2.45, 2.75) is 51.4 Å². The van der Waals surface area contributed by atoms with Crippen molar-refractivity contribution in [3.05, 3.63) is 12.2 Å². The van der Waals surface area contributed by atoms with Crippen LogP contribution in [0.5, 0.6) is 0 Å². The molecule has 0 saturated heterocycles. The van der Waals surface area contributed by atoms with Crippen molar-refractivity contribution in [3.8, 4) is 0 Å². The fraction of sp³-hybridized carbons (Fsp3) is 0.786. The Labute approximate surface area is 104 Å². The molecule has 98 valence electrons. The van der Waals surface area contributed by atoms with Crippen molar-refractivity contribution in [1.29, 1.82) is 0 Å². The summed E-state index contributed by atoms with van der Waals surface area (Å²) in [6.45, 7) is 1.12. The first-order chi connectivity index (χ1) is 8.39. The number of esters is 1. The van der Waals surface area contributed by atoms with Crippen molar-refractivity contribution in [1.82, 2.24) is 0 Å². The lowest BCUT2D eigenvalue weighted by atomic mass is 10.1. The summed E-state index contributed by atoms with van der Waals surface area (Å²) in [5.41, 5.74) is 0. The minimum Gasteiger partial charge on any atom is -0.464 e. The molecule has 0 spiro atoms. The van der Waals surface area contributed by atoms with Crippen molar-refractivity contribution in [2.75, 3.05) is 19.8 Å². The van der Waals surface area contributed by atoms with Crippen LogP contribution in [0.15, 0.2) is 12.2 Å². The summed E-state index contributed by atoms with van der Waals surface area (Å²) in [5, 5.41) is 0. The zero-order valence-corrected chi connectivity index (χ0v) is 10.7. The van der Waals surface area contributed by atoms with Crippen LogP contribution in [0.2, 0.25) is 0 Å². The van der Waals surface area contributed by atoms with Gasteiger partial charge in [-0.05, 0) is 19.3 Å². The highest BCUT2D eigenvalue weighted by atomic mass is 16.6. The van der Waals surface area contributed by atoms with Crippen LogP contribution in [-0.2, 0) is 14.3 Å². The van der Waals surface area contributed by atoms with Gasteiger partial charge in [-0.15, -0.1) is 0 Å². The molecule has 1 heterocycles. The van der Waals surface area contributed by atoms with E-state index < -0.39 is 0 Å². The summed E-state index contributed by atoms with van der Waals surface area (Å²) in [7, 11) is 0. The highest BCUT2D eigenvalue weighted by Crippen LogP contribution is 2.09. The van der Waals surface area contributed by atoms with Crippen molar-refractivity contribution in [3.63, 3.8) is 0 Å². The number of rotatable bonds is 0. The Morgan fingerprint density at radius 3 is 2.41 bits per heavy atom. The van der Waals surface area contributed by atoms with Crippen LogP contribution in [0.4, 0.5) is 0 Å². The third-order valence-electron chi connectivity index (χ3n) is 2.88. The maximum Gasteiger partial charge on any atom is 0.332 e. The molecule has 3 nitrogen and oxygen atoms in total. The van der Waals surface area contributed by atoms with Crippen LogP contribution < -0.4 is 0 Å². The van der Waals surface area contributed by atoms with Crippen LogP contribution in [-0.4, -0.2) is 25.8 Å². The molecule has 0 amide bonds. The normalized spacial score (nSPS) is 22.0. The van der Waals surface area contributed by atoms with E-state index in [1.807, 2.05) is 6.08 Å². The number of hydrogen-bond donors (Lipinski definition) is 0. The molecule has 0 aromatic rings. The lowest BCUT2D eigenvalue weighted by Crippen LogP contribution is -2.13. The van der Waals surface area contributed by atoms with Crippen LogP contribution >= 0.6 is 0 Å². The third kappa shape index (κ3) is 8.93. The average molecular weight is 240 g/mol. The third-order valence-corrected chi connectivity index (χ3v) is 2.88. The van der Waals surface area contributed by atoms with Crippen molar-refractivity contribution in [2.24, 2.45) is 0 Å². The summed E-state index contributed by atoms with van der Waals surface area (Å²) >= 11 is 0. The molecule has 1 rings (SSSR count). The minimum atomic E-state index is -0.245. The number of cyclic esters (lactones) is 1. The fourth-order valence-electron chi connectivity index (χ4n) is 1.87. The first-order valence-corrected chi connectivity index (χ1v) is 6.78. The van der Waals surface area contributed by atoms with Gasteiger partial charge in [-0.2, -0.15) is 0 Å². The average Bonchev–Trinajstić information content (AvgIpc) is 2.32. The van der Waals surface area contributed by atoms with E-state index in [0.717, 1.165) is 19.3 Å². The van der Waals surface area contributed by atoms with Gasteiger partial charge in [0.15, 0.2) is 0 Å². The second-order valence-electron chi connectivity index (χ2n) is 4.47. The second-order valence-corrected chi connectivity index (χ2v) is 4.47. The Morgan fingerprint density at radius 1 is 0.882 bits per heavy atom. The van der Waals surface area contributed by atoms with E-state index in [1.165, 1.54) is 32.1 Å². The van der Waals surface area contributed by atoms with Crippen LogP contribution in [0.25, 0.3) is 0 Å². The Morgan fingerprint density at radius 2 is 1.59 bits per heavy atom. The predicted molar refractivity (Wildman–Crippen MR) is 67.9 cm³/mol. The van der Waals surface area contributed by atoms with E-state index in [1.54, 1.807) is 0 Å². The smallest absolute Gasteiger partial charge is 0.332 e. The van der Waals surface area contributed by atoms with Gasteiger partial charge in [0.1, 0.15) is 6.61 Å². The molecule has 0 fully saturated rings. The van der Waals surface area contributed by atoms with Gasteiger partial charge in [0.05, 0.1) is 13.2 Å². The second kappa shape index (κ2) is 10.3. The van der Waals surface area contributed by atoms with Gasteiger partial charge in [-0.1, -0.05) is 44.3 Å². The van der Waals surface area contributed by atoms with Gasteiger partial charge in [0.25, 0.3) is 0 Å². The monoisotopic (exact) mass is 240 g/mol.